The van der Waals surface area contributed by atoms with E-state index in [1.54, 1.807) is 0 Å². The van der Waals surface area contributed by atoms with Crippen molar-refractivity contribution in [2.45, 2.75) is 46.4 Å². The van der Waals surface area contributed by atoms with Crippen LogP contribution < -0.4 is 9.47 Å². The third kappa shape index (κ3) is 5.72. The van der Waals surface area contributed by atoms with E-state index in [0.29, 0.717) is 44.8 Å². The maximum Gasteiger partial charge on any atom is 0.352 e. The fraction of sp³-hybridized carbons (Fsp3) is 0.294. The lowest BCUT2D eigenvalue weighted by Crippen LogP contribution is -2.24. The summed E-state index contributed by atoms with van der Waals surface area (Å²) in [6.07, 6.45) is 1.23. The third-order valence-corrected chi connectivity index (χ3v) is 8.67. The van der Waals surface area contributed by atoms with Gasteiger partial charge in [0.05, 0.1) is 17.8 Å². The fourth-order valence-corrected chi connectivity index (χ4v) is 6.19. The summed E-state index contributed by atoms with van der Waals surface area (Å²) >= 11 is 6.32. The molecule has 9 heteroatoms. The molecule has 0 bridgehead atoms. The molecule has 3 heterocycles. The van der Waals surface area contributed by atoms with Gasteiger partial charge in [-0.1, -0.05) is 48.0 Å². The molecule has 0 saturated carbocycles. The molecular formula is C34H35ClN4O4. The van der Waals surface area contributed by atoms with Crippen LogP contribution in [-0.2, 0) is 26.1 Å². The lowest BCUT2D eigenvalue weighted by Gasteiger charge is -2.16. The van der Waals surface area contributed by atoms with Crippen LogP contribution in [0.15, 0.2) is 60.7 Å². The van der Waals surface area contributed by atoms with E-state index in [0.717, 1.165) is 66.6 Å². The highest BCUT2D eigenvalue weighted by Gasteiger charge is 2.28. The summed E-state index contributed by atoms with van der Waals surface area (Å²) in [5.41, 5.74) is 7.72. The van der Waals surface area contributed by atoms with Gasteiger partial charge in [0.1, 0.15) is 29.5 Å². The first-order valence-electron chi connectivity index (χ1n) is 14.5. The molecule has 8 nitrogen and oxygen atoms in total. The zero-order valence-electron chi connectivity index (χ0n) is 24.6. The Labute approximate surface area is 255 Å². The van der Waals surface area contributed by atoms with E-state index in [1.807, 2.05) is 80.1 Å². The first kappa shape index (κ1) is 28.8. The summed E-state index contributed by atoms with van der Waals surface area (Å²) < 4.78 is 14.2. The number of likely N-dealkylation sites (N-methyl/N-ethyl adjacent to an activating group) is 1. The van der Waals surface area contributed by atoms with Crippen molar-refractivity contribution >= 4 is 28.5 Å². The van der Waals surface area contributed by atoms with E-state index >= 15 is 0 Å². The van der Waals surface area contributed by atoms with Crippen molar-refractivity contribution < 1.29 is 19.4 Å². The smallest absolute Gasteiger partial charge is 0.352 e. The topological polar surface area (TPSA) is 92.6 Å². The molecule has 0 radical (unpaired) electrons. The summed E-state index contributed by atoms with van der Waals surface area (Å²) in [5, 5.41) is 20.1. The minimum Gasteiger partial charge on any atom is -0.494 e. The van der Waals surface area contributed by atoms with Crippen LogP contribution in [0.2, 0.25) is 5.02 Å². The number of nitrogens with one attached hydrogen (secondary N) is 1. The Balaban J connectivity index is 1.37. The van der Waals surface area contributed by atoms with E-state index in [9.17, 15) is 9.90 Å². The Morgan fingerprint density at radius 1 is 1.02 bits per heavy atom. The van der Waals surface area contributed by atoms with E-state index in [-0.39, 0.29) is 6.61 Å². The zero-order chi connectivity index (χ0) is 30.1. The van der Waals surface area contributed by atoms with Crippen LogP contribution in [0.5, 0.6) is 11.5 Å². The van der Waals surface area contributed by atoms with Crippen molar-refractivity contribution in [2.75, 3.05) is 20.2 Å². The third-order valence-electron chi connectivity index (χ3n) is 8.08. The number of aromatic carboxylic acids is 1. The SMILES string of the molecule is Cc1cc(OCCCc2c(C(=O)O)n3c4c(cccc24)-c2c(COc4ccccc4)n[nH]c2CN(C)CC3)cc(C)c1Cl. The van der Waals surface area contributed by atoms with Gasteiger partial charge in [-0.3, -0.25) is 10.00 Å². The maximum absolute atomic E-state index is 12.8. The van der Waals surface area contributed by atoms with Gasteiger partial charge in [0.2, 0.25) is 0 Å². The van der Waals surface area contributed by atoms with Crippen LogP contribution in [0, 0.1) is 13.8 Å². The first-order chi connectivity index (χ1) is 20.8. The highest BCUT2D eigenvalue weighted by molar-refractivity contribution is 6.32. The van der Waals surface area contributed by atoms with E-state index in [1.165, 1.54) is 0 Å². The average Bonchev–Trinajstić information content (AvgIpc) is 3.55. The second-order valence-electron chi connectivity index (χ2n) is 11.2. The number of halogens is 1. The predicted molar refractivity (Wildman–Crippen MR) is 168 cm³/mol. The highest BCUT2D eigenvalue weighted by atomic mass is 35.5. The van der Waals surface area contributed by atoms with Gasteiger partial charge < -0.3 is 19.1 Å². The van der Waals surface area contributed by atoms with Crippen LogP contribution in [0.25, 0.3) is 22.0 Å². The van der Waals surface area contributed by atoms with Gasteiger partial charge in [-0.2, -0.15) is 5.10 Å². The molecule has 0 aliphatic carbocycles. The van der Waals surface area contributed by atoms with Crippen molar-refractivity contribution in [3.05, 3.63) is 99.5 Å². The van der Waals surface area contributed by atoms with Crippen molar-refractivity contribution in [1.82, 2.24) is 19.7 Å². The number of rotatable bonds is 9. The van der Waals surface area contributed by atoms with Crippen LogP contribution in [0.3, 0.4) is 0 Å². The number of nitrogens with zero attached hydrogens (tertiary/aromatic N) is 3. The average molecular weight is 599 g/mol. The second-order valence-corrected chi connectivity index (χ2v) is 11.6. The van der Waals surface area contributed by atoms with Gasteiger partial charge in [-0.15, -0.1) is 0 Å². The first-order valence-corrected chi connectivity index (χ1v) is 14.9. The van der Waals surface area contributed by atoms with E-state index in [2.05, 4.69) is 21.2 Å². The minimum atomic E-state index is -0.927. The molecule has 222 valence electrons. The van der Waals surface area contributed by atoms with Crippen molar-refractivity contribution in [3.63, 3.8) is 0 Å². The minimum absolute atomic E-state index is 0.288. The molecule has 0 atom stereocenters. The van der Waals surface area contributed by atoms with Gasteiger partial charge in [0.25, 0.3) is 0 Å². The van der Waals surface area contributed by atoms with Gasteiger partial charge in [-0.05, 0) is 74.7 Å². The van der Waals surface area contributed by atoms with Crippen LogP contribution in [0.1, 0.15) is 45.0 Å². The van der Waals surface area contributed by atoms with Gasteiger partial charge in [-0.25, -0.2) is 4.79 Å². The summed E-state index contributed by atoms with van der Waals surface area (Å²) in [6, 6.07) is 19.7. The number of aryl methyl sites for hydroxylation is 3. The Morgan fingerprint density at radius 2 is 1.79 bits per heavy atom. The van der Waals surface area contributed by atoms with Gasteiger partial charge in [0, 0.05) is 41.2 Å². The number of fused-ring (bicyclic) bond motifs is 2. The molecule has 0 amide bonds. The van der Waals surface area contributed by atoms with Gasteiger partial charge in [0.15, 0.2) is 0 Å². The molecule has 0 unspecified atom stereocenters. The van der Waals surface area contributed by atoms with Crippen molar-refractivity contribution in [1.29, 1.82) is 0 Å². The number of aromatic amines is 1. The molecule has 0 saturated heterocycles. The number of carbonyl (C=O) groups is 1. The number of ether oxygens (including phenoxy) is 2. The number of para-hydroxylation sites is 2. The number of aromatic nitrogens is 3. The molecule has 2 aromatic heterocycles. The standard InChI is InChI=1S/C34H35ClN4O4/c1-21-17-24(18-22(2)31(21)35)42-16-8-13-26-25-11-7-12-27-30-28(36-37-29(30)20-43-23-9-5-4-6-10-23)19-38(3)14-15-39(32(25)27)33(26)34(40)41/h4-7,9-12,17-18H,8,13-16,19-20H2,1-3H3,(H,36,37)(H,40,41). The Morgan fingerprint density at radius 3 is 2.53 bits per heavy atom. The summed E-state index contributed by atoms with van der Waals surface area (Å²) in [5.74, 6) is 0.608. The molecule has 0 spiro atoms. The molecule has 43 heavy (non-hydrogen) atoms. The maximum atomic E-state index is 12.8. The lowest BCUT2D eigenvalue weighted by molar-refractivity contribution is 0.0683. The molecule has 0 fully saturated rings. The van der Waals surface area contributed by atoms with Crippen molar-refractivity contribution in [2.24, 2.45) is 0 Å². The number of hydrogen-bond acceptors (Lipinski definition) is 5. The second kappa shape index (κ2) is 12.1. The summed E-state index contributed by atoms with van der Waals surface area (Å²) in [6.45, 7) is 6.57. The number of carboxylic acid groups (broad SMARTS) is 1. The summed E-state index contributed by atoms with van der Waals surface area (Å²) in [7, 11) is 2.04. The van der Waals surface area contributed by atoms with Crippen LogP contribution >= 0.6 is 11.6 Å². The molecule has 6 rings (SSSR count). The fourth-order valence-electron chi connectivity index (χ4n) is 6.08. The quantitative estimate of drug-likeness (QED) is 0.177. The number of H-pyrrole nitrogens is 1. The van der Waals surface area contributed by atoms with E-state index < -0.39 is 5.97 Å². The van der Waals surface area contributed by atoms with Crippen LogP contribution in [-0.4, -0.2) is 50.9 Å². The molecule has 3 aromatic carbocycles. The van der Waals surface area contributed by atoms with Crippen LogP contribution in [0.4, 0.5) is 0 Å². The van der Waals surface area contributed by atoms with Crippen molar-refractivity contribution in [3.8, 4) is 22.6 Å². The summed E-state index contributed by atoms with van der Waals surface area (Å²) in [4.78, 5) is 15.0. The number of carboxylic acids is 1. The highest BCUT2D eigenvalue weighted by Crippen LogP contribution is 2.39. The zero-order valence-corrected chi connectivity index (χ0v) is 25.4. The molecule has 1 aliphatic heterocycles. The predicted octanol–water partition coefficient (Wildman–Crippen LogP) is 7.04. The molecule has 5 aromatic rings. The number of hydrogen-bond donors (Lipinski definition) is 2. The van der Waals surface area contributed by atoms with E-state index in [4.69, 9.17) is 21.1 Å². The Kier molecular flexibility index (Phi) is 8.15. The Bertz CT molecular complexity index is 1770. The largest absolute Gasteiger partial charge is 0.494 e. The molecular weight excluding hydrogens is 564 g/mol. The molecule has 1 aliphatic rings. The van der Waals surface area contributed by atoms with Gasteiger partial charge >= 0.3 is 5.97 Å². The lowest BCUT2D eigenvalue weighted by atomic mass is 9.98. The Hall–Kier alpha value is -4.27. The normalized spacial score (nSPS) is 13.3. The molecule has 2 N–H and O–H groups in total. The monoisotopic (exact) mass is 598 g/mol. The number of benzene rings is 3.